The number of amides is 1. The van der Waals surface area contributed by atoms with Crippen molar-refractivity contribution in [1.82, 2.24) is 9.61 Å². The van der Waals surface area contributed by atoms with E-state index in [9.17, 15) is 18.4 Å². The first-order valence-electron chi connectivity index (χ1n) is 8.69. The minimum atomic E-state index is -1.03. The highest BCUT2D eigenvalue weighted by Crippen LogP contribution is 2.36. The molecule has 3 heterocycles. The fourth-order valence-corrected chi connectivity index (χ4v) is 4.00. The molecule has 1 amide bonds. The molecule has 0 aliphatic heterocycles. The highest BCUT2D eigenvalue weighted by Gasteiger charge is 2.21. The molecule has 0 aliphatic carbocycles. The summed E-state index contributed by atoms with van der Waals surface area (Å²) in [6.45, 7) is 3.33. The van der Waals surface area contributed by atoms with Gasteiger partial charge < -0.3 is 5.32 Å². The van der Waals surface area contributed by atoms with Crippen LogP contribution in [0.1, 0.15) is 32.1 Å². The third-order valence-electron chi connectivity index (χ3n) is 4.65. The van der Waals surface area contributed by atoms with Crippen LogP contribution in [-0.2, 0) is 0 Å². The van der Waals surface area contributed by atoms with E-state index in [1.54, 1.807) is 10.6 Å². The maximum atomic E-state index is 14.4. The summed E-state index contributed by atoms with van der Waals surface area (Å²) < 4.78 is 30.0. The number of carbonyl (C=O) groups excluding carboxylic acids is 2. The summed E-state index contributed by atoms with van der Waals surface area (Å²) >= 11 is 1.06. The van der Waals surface area contributed by atoms with Gasteiger partial charge in [0, 0.05) is 22.2 Å². The topological polar surface area (TPSA) is 63.5 Å². The molecule has 0 atom stereocenters. The van der Waals surface area contributed by atoms with Crippen molar-refractivity contribution in [3.63, 3.8) is 0 Å². The minimum Gasteiger partial charge on any atom is -0.312 e. The summed E-state index contributed by atoms with van der Waals surface area (Å²) in [6.07, 6.45) is 0.520. The van der Waals surface area contributed by atoms with Crippen LogP contribution in [-0.4, -0.2) is 21.8 Å². The Hall–Kier alpha value is -3.39. The summed E-state index contributed by atoms with van der Waals surface area (Å²) in [6, 6.07) is 10.0. The Bertz CT molecular complexity index is 1280. The number of thiophene rings is 1. The van der Waals surface area contributed by atoms with Gasteiger partial charge in [0.05, 0.1) is 11.1 Å². The fourth-order valence-electron chi connectivity index (χ4n) is 3.07. The van der Waals surface area contributed by atoms with Crippen LogP contribution < -0.4 is 5.32 Å². The number of hydrogen-bond donors (Lipinski definition) is 1. The first-order valence-corrected chi connectivity index (χ1v) is 9.57. The number of rotatable bonds is 4. The summed E-state index contributed by atoms with van der Waals surface area (Å²) in [5.74, 6) is -2.49. The number of anilines is 1. The number of halogens is 2. The molecule has 5 nitrogen and oxygen atoms in total. The molecule has 0 spiro atoms. The SMILES string of the molecule is Cc1ccc(-c2csc(NC(=O)c3cc4cccc(C)n4n3)c2C=O)c(F)c1F. The molecule has 0 fully saturated rings. The van der Waals surface area contributed by atoms with E-state index in [1.165, 1.54) is 24.4 Å². The van der Waals surface area contributed by atoms with Crippen LogP contribution in [0.2, 0.25) is 0 Å². The Balaban J connectivity index is 1.69. The number of nitrogens with zero attached hydrogens (tertiary/aromatic N) is 2. The molecular weight excluding hydrogens is 396 g/mol. The molecule has 1 N–H and O–H groups in total. The molecule has 0 saturated carbocycles. The summed E-state index contributed by atoms with van der Waals surface area (Å²) in [4.78, 5) is 24.3. The molecule has 0 aliphatic rings. The van der Waals surface area contributed by atoms with Crippen molar-refractivity contribution in [1.29, 1.82) is 0 Å². The van der Waals surface area contributed by atoms with Gasteiger partial charge in [-0.1, -0.05) is 18.2 Å². The molecule has 3 aromatic heterocycles. The summed E-state index contributed by atoms with van der Waals surface area (Å²) in [5.41, 5.74) is 2.26. The van der Waals surface area contributed by atoms with Crippen molar-refractivity contribution < 1.29 is 18.4 Å². The first-order chi connectivity index (χ1) is 13.9. The number of pyridine rings is 1. The normalized spacial score (nSPS) is 11.0. The molecule has 4 rings (SSSR count). The monoisotopic (exact) mass is 411 g/mol. The van der Waals surface area contributed by atoms with Crippen molar-refractivity contribution in [3.8, 4) is 11.1 Å². The smallest absolute Gasteiger partial charge is 0.276 e. The molecule has 146 valence electrons. The Morgan fingerprint density at radius 2 is 1.93 bits per heavy atom. The molecule has 0 bridgehead atoms. The van der Waals surface area contributed by atoms with Crippen molar-refractivity contribution in [2.24, 2.45) is 0 Å². The minimum absolute atomic E-state index is 0.0321. The number of aromatic nitrogens is 2. The number of aryl methyl sites for hydroxylation is 2. The zero-order chi connectivity index (χ0) is 20.7. The predicted molar refractivity (Wildman–Crippen MR) is 108 cm³/mol. The third-order valence-corrected chi connectivity index (χ3v) is 5.56. The maximum absolute atomic E-state index is 14.4. The number of fused-ring (bicyclic) bond motifs is 1. The van der Waals surface area contributed by atoms with Crippen molar-refractivity contribution >= 4 is 34.0 Å². The van der Waals surface area contributed by atoms with E-state index in [2.05, 4.69) is 10.4 Å². The first kappa shape index (κ1) is 18.9. The molecule has 1 aromatic carbocycles. The Kier molecular flexibility index (Phi) is 4.71. The molecule has 4 aromatic rings. The van der Waals surface area contributed by atoms with Crippen LogP contribution in [0, 0.1) is 25.5 Å². The Morgan fingerprint density at radius 3 is 2.66 bits per heavy atom. The largest absolute Gasteiger partial charge is 0.312 e. The predicted octanol–water partition coefficient (Wildman–Crippen LogP) is 5.02. The molecule has 0 saturated heterocycles. The Labute approximate surface area is 168 Å². The van der Waals surface area contributed by atoms with Gasteiger partial charge in [-0.2, -0.15) is 5.10 Å². The zero-order valence-electron chi connectivity index (χ0n) is 15.5. The van der Waals surface area contributed by atoms with Crippen molar-refractivity contribution in [2.75, 3.05) is 5.32 Å². The second kappa shape index (κ2) is 7.21. The van der Waals surface area contributed by atoms with Gasteiger partial charge in [0.2, 0.25) is 0 Å². The molecule has 29 heavy (non-hydrogen) atoms. The van der Waals surface area contributed by atoms with Gasteiger partial charge in [-0.05, 0) is 37.6 Å². The Morgan fingerprint density at radius 1 is 1.14 bits per heavy atom. The second-order valence-corrected chi connectivity index (χ2v) is 7.44. The van der Waals surface area contributed by atoms with Gasteiger partial charge >= 0.3 is 0 Å². The van der Waals surface area contributed by atoms with E-state index in [4.69, 9.17) is 0 Å². The second-order valence-electron chi connectivity index (χ2n) is 6.56. The van der Waals surface area contributed by atoms with Gasteiger partial charge in [-0.3, -0.25) is 9.59 Å². The molecule has 8 heteroatoms. The lowest BCUT2D eigenvalue weighted by molar-refractivity contribution is 0.102. The van der Waals surface area contributed by atoms with E-state index in [0.717, 1.165) is 22.5 Å². The van der Waals surface area contributed by atoms with Crippen LogP contribution >= 0.6 is 11.3 Å². The van der Waals surface area contributed by atoms with E-state index in [0.29, 0.717) is 6.29 Å². The van der Waals surface area contributed by atoms with E-state index >= 15 is 0 Å². The van der Waals surface area contributed by atoms with Crippen LogP contribution in [0.5, 0.6) is 0 Å². The quantitative estimate of drug-likeness (QED) is 0.480. The number of nitrogens with one attached hydrogen (secondary N) is 1. The van der Waals surface area contributed by atoms with E-state index < -0.39 is 17.5 Å². The number of aldehydes is 1. The van der Waals surface area contributed by atoms with Gasteiger partial charge in [0.1, 0.15) is 5.00 Å². The van der Waals surface area contributed by atoms with E-state index in [1.807, 2.05) is 25.1 Å². The lowest BCUT2D eigenvalue weighted by Gasteiger charge is -2.06. The fraction of sp³-hybridized carbons (Fsp3) is 0.0952. The lowest BCUT2D eigenvalue weighted by Crippen LogP contribution is -2.13. The van der Waals surface area contributed by atoms with Crippen LogP contribution in [0.4, 0.5) is 13.8 Å². The molecular formula is C21H15F2N3O2S. The lowest BCUT2D eigenvalue weighted by atomic mass is 10.0. The standard InChI is InChI=1S/C21H15F2N3O2S/c1-11-6-7-14(19(23)18(11)22)16-10-29-21(15(16)9-27)24-20(28)17-8-13-5-3-4-12(2)26(13)25-17/h3-10H,1-2H3,(H,24,28). The molecule has 0 unspecified atom stereocenters. The maximum Gasteiger partial charge on any atom is 0.276 e. The number of benzene rings is 1. The highest BCUT2D eigenvalue weighted by atomic mass is 32.1. The van der Waals surface area contributed by atoms with Crippen LogP contribution in [0.25, 0.3) is 16.6 Å². The van der Waals surface area contributed by atoms with Crippen LogP contribution in [0.15, 0.2) is 41.8 Å². The number of carbonyl (C=O) groups is 2. The van der Waals surface area contributed by atoms with Crippen molar-refractivity contribution in [2.45, 2.75) is 13.8 Å². The van der Waals surface area contributed by atoms with Crippen LogP contribution in [0.3, 0.4) is 0 Å². The average molecular weight is 411 g/mol. The third kappa shape index (κ3) is 3.21. The van der Waals surface area contributed by atoms with Gasteiger partial charge in [0.15, 0.2) is 23.6 Å². The summed E-state index contributed by atoms with van der Waals surface area (Å²) in [5, 5.41) is 8.68. The molecule has 0 radical (unpaired) electrons. The zero-order valence-corrected chi connectivity index (χ0v) is 16.3. The van der Waals surface area contributed by atoms with Gasteiger partial charge in [-0.25, -0.2) is 13.3 Å². The highest BCUT2D eigenvalue weighted by molar-refractivity contribution is 7.15. The van der Waals surface area contributed by atoms with Gasteiger partial charge in [-0.15, -0.1) is 11.3 Å². The van der Waals surface area contributed by atoms with Gasteiger partial charge in [0.25, 0.3) is 5.91 Å². The van der Waals surface area contributed by atoms with Crippen molar-refractivity contribution in [3.05, 3.63) is 75.9 Å². The summed E-state index contributed by atoms with van der Waals surface area (Å²) in [7, 11) is 0. The van der Waals surface area contributed by atoms with E-state index in [-0.39, 0.29) is 32.9 Å². The number of hydrogen-bond acceptors (Lipinski definition) is 4. The average Bonchev–Trinajstić information content (AvgIpc) is 3.31.